The summed E-state index contributed by atoms with van der Waals surface area (Å²) in [6, 6.07) is 8.96. The summed E-state index contributed by atoms with van der Waals surface area (Å²) in [5, 5.41) is 0. The highest BCUT2D eigenvalue weighted by molar-refractivity contribution is 9.10. The first-order chi connectivity index (χ1) is 8.70. The maximum Gasteiger partial charge on any atom is 0.272 e. The molecule has 2 heterocycles. The Bertz CT molecular complexity index is 526. The van der Waals surface area contributed by atoms with Gasteiger partial charge in [0.05, 0.1) is 12.8 Å². The van der Waals surface area contributed by atoms with Gasteiger partial charge < -0.3 is 9.32 Å². The summed E-state index contributed by atoms with van der Waals surface area (Å²) in [4.78, 5) is 18.1. The van der Waals surface area contributed by atoms with Crippen molar-refractivity contribution in [2.75, 3.05) is 6.54 Å². The van der Waals surface area contributed by atoms with Gasteiger partial charge in [0, 0.05) is 6.54 Å². The molecule has 0 unspecified atom stereocenters. The molecule has 94 valence electrons. The van der Waals surface area contributed by atoms with Crippen LogP contribution in [0, 0.1) is 0 Å². The molecule has 0 aliphatic carbocycles. The molecule has 4 nitrogen and oxygen atoms in total. The SMILES string of the molecule is CCN(Cc1ccco1)C(=O)c1cccc(Br)n1. The van der Waals surface area contributed by atoms with E-state index in [-0.39, 0.29) is 5.91 Å². The van der Waals surface area contributed by atoms with Crippen molar-refractivity contribution in [2.24, 2.45) is 0 Å². The monoisotopic (exact) mass is 308 g/mol. The van der Waals surface area contributed by atoms with Crippen LogP contribution < -0.4 is 0 Å². The topological polar surface area (TPSA) is 46.3 Å². The molecule has 1 amide bonds. The number of carbonyl (C=O) groups is 1. The summed E-state index contributed by atoms with van der Waals surface area (Å²) >= 11 is 3.26. The Morgan fingerprint density at radius 2 is 2.22 bits per heavy atom. The van der Waals surface area contributed by atoms with E-state index in [9.17, 15) is 4.79 Å². The van der Waals surface area contributed by atoms with Gasteiger partial charge in [0.1, 0.15) is 16.1 Å². The molecule has 0 aliphatic rings. The zero-order chi connectivity index (χ0) is 13.0. The lowest BCUT2D eigenvalue weighted by Crippen LogP contribution is -2.30. The average molecular weight is 309 g/mol. The molecule has 0 atom stereocenters. The Kier molecular flexibility index (Phi) is 4.15. The number of nitrogens with zero attached hydrogens (tertiary/aromatic N) is 2. The first kappa shape index (κ1) is 12.8. The largest absolute Gasteiger partial charge is 0.467 e. The highest BCUT2D eigenvalue weighted by Crippen LogP contribution is 2.11. The van der Waals surface area contributed by atoms with Gasteiger partial charge in [-0.25, -0.2) is 4.98 Å². The molecule has 2 aromatic rings. The molecular formula is C13H13BrN2O2. The van der Waals surface area contributed by atoms with Gasteiger partial charge in [0.15, 0.2) is 0 Å². The van der Waals surface area contributed by atoms with Crippen LogP contribution in [-0.4, -0.2) is 22.3 Å². The number of furan rings is 1. The third-order valence-electron chi connectivity index (χ3n) is 2.53. The van der Waals surface area contributed by atoms with Crippen LogP contribution in [0.1, 0.15) is 23.2 Å². The lowest BCUT2D eigenvalue weighted by Gasteiger charge is -2.19. The van der Waals surface area contributed by atoms with E-state index in [1.165, 1.54) is 0 Å². The third-order valence-corrected chi connectivity index (χ3v) is 2.97. The minimum absolute atomic E-state index is 0.102. The molecule has 0 radical (unpaired) electrons. The molecule has 0 fully saturated rings. The zero-order valence-electron chi connectivity index (χ0n) is 9.97. The van der Waals surface area contributed by atoms with Crippen molar-refractivity contribution in [2.45, 2.75) is 13.5 Å². The van der Waals surface area contributed by atoms with Gasteiger partial charge in [-0.15, -0.1) is 0 Å². The van der Waals surface area contributed by atoms with E-state index in [1.807, 2.05) is 19.1 Å². The van der Waals surface area contributed by atoms with E-state index < -0.39 is 0 Å². The zero-order valence-corrected chi connectivity index (χ0v) is 11.6. The van der Waals surface area contributed by atoms with E-state index >= 15 is 0 Å². The Hall–Kier alpha value is -1.62. The van der Waals surface area contributed by atoms with Crippen LogP contribution in [0.15, 0.2) is 45.6 Å². The van der Waals surface area contributed by atoms with E-state index in [2.05, 4.69) is 20.9 Å². The van der Waals surface area contributed by atoms with E-state index in [0.29, 0.717) is 23.4 Å². The summed E-state index contributed by atoms with van der Waals surface area (Å²) in [6.07, 6.45) is 1.60. The van der Waals surface area contributed by atoms with E-state index in [4.69, 9.17) is 4.42 Å². The van der Waals surface area contributed by atoms with Crippen molar-refractivity contribution < 1.29 is 9.21 Å². The van der Waals surface area contributed by atoms with E-state index in [1.54, 1.807) is 29.4 Å². The summed E-state index contributed by atoms with van der Waals surface area (Å²) in [5.41, 5.74) is 0.429. The van der Waals surface area contributed by atoms with Gasteiger partial charge >= 0.3 is 0 Å². The van der Waals surface area contributed by atoms with Crippen LogP contribution in [0.3, 0.4) is 0 Å². The first-order valence-electron chi connectivity index (χ1n) is 5.65. The summed E-state index contributed by atoms with van der Waals surface area (Å²) in [6.45, 7) is 2.99. The van der Waals surface area contributed by atoms with Crippen LogP contribution >= 0.6 is 15.9 Å². The Morgan fingerprint density at radius 1 is 1.39 bits per heavy atom. The van der Waals surface area contributed by atoms with Gasteiger partial charge in [0.2, 0.25) is 0 Å². The second-order valence-electron chi connectivity index (χ2n) is 3.74. The van der Waals surface area contributed by atoms with Crippen LogP contribution in [0.5, 0.6) is 0 Å². The summed E-state index contributed by atoms with van der Waals surface area (Å²) in [7, 11) is 0. The van der Waals surface area contributed by atoms with E-state index in [0.717, 1.165) is 5.76 Å². The minimum atomic E-state index is -0.102. The van der Waals surface area contributed by atoms with Crippen LogP contribution in [0.4, 0.5) is 0 Å². The fraction of sp³-hybridized carbons (Fsp3) is 0.231. The predicted octanol–water partition coefficient (Wildman–Crippen LogP) is 3.10. The second kappa shape index (κ2) is 5.82. The lowest BCUT2D eigenvalue weighted by atomic mass is 10.3. The minimum Gasteiger partial charge on any atom is -0.467 e. The molecule has 0 N–H and O–H groups in total. The summed E-state index contributed by atoms with van der Waals surface area (Å²) < 4.78 is 5.91. The smallest absolute Gasteiger partial charge is 0.272 e. The van der Waals surface area contributed by atoms with Crippen molar-refractivity contribution in [3.05, 3.63) is 52.7 Å². The van der Waals surface area contributed by atoms with Crippen molar-refractivity contribution in [3.8, 4) is 0 Å². The van der Waals surface area contributed by atoms with Gasteiger partial charge in [-0.2, -0.15) is 0 Å². The number of hydrogen-bond acceptors (Lipinski definition) is 3. The quantitative estimate of drug-likeness (QED) is 0.815. The van der Waals surface area contributed by atoms with Gasteiger partial charge in [-0.3, -0.25) is 4.79 Å². The number of amides is 1. The maximum absolute atomic E-state index is 12.3. The van der Waals surface area contributed by atoms with Crippen molar-refractivity contribution in [1.82, 2.24) is 9.88 Å². The maximum atomic E-state index is 12.3. The molecule has 0 aromatic carbocycles. The van der Waals surface area contributed by atoms with Crippen LogP contribution in [0.2, 0.25) is 0 Å². The van der Waals surface area contributed by atoms with Crippen molar-refractivity contribution >= 4 is 21.8 Å². The molecule has 0 saturated carbocycles. The number of carbonyl (C=O) groups excluding carboxylic acids is 1. The molecule has 0 spiro atoms. The molecule has 2 aromatic heterocycles. The fourth-order valence-corrected chi connectivity index (χ4v) is 1.95. The third kappa shape index (κ3) is 2.98. The summed E-state index contributed by atoms with van der Waals surface area (Å²) in [5.74, 6) is 0.662. The van der Waals surface area contributed by atoms with Crippen molar-refractivity contribution in [3.63, 3.8) is 0 Å². The molecule has 18 heavy (non-hydrogen) atoms. The molecule has 0 saturated heterocycles. The van der Waals surface area contributed by atoms with Crippen molar-refractivity contribution in [1.29, 1.82) is 0 Å². The Morgan fingerprint density at radius 3 is 2.83 bits per heavy atom. The van der Waals surface area contributed by atoms with Gasteiger partial charge in [-0.05, 0) is 47.1 Å². The van der Waals surface area contributed by atoms with Gasteiger partial charge in [0.25, 0.3) is 5.91 Å². The number of pyridine rings is 1. The molecule has 2 rings (SSSR count). The molecule has 5 heteroatoms. The fourth-order valence-electron chi connectivity index (χ4n) is 1.61. The van der Waals surface area contributed by atoms with Crippen LogP contribution in [-0.2, 0) is 6.54 Å². The number of rotatable bonds is 4. The predicted molar refractivity (Wildman–Crippen MR) is 71.1 cm³/mol. The molecular weight excluding hydrogens is 296 g/mol. The second-order valence-corrected chi connectivity index (χ2v) is 4.56. The molecule has 0 aliphatic heterocycles. The number of halogens is 1. The van der Waals surface area contributed by atoms with Crippen LogP contribution in [0.25, 0.3) is 0 Å². The van der Waals surface area contributed by atoms with Gasteiger partial charge in [-0.1, -0.05) is 6.07 Å². The normalized spacial score (nSPS) is 10.3. The molecule has 0 bridgehead atoms. The Labute approximate surface area is 114 Å². The highest BCUT2D eigenvalue weighted by atomic mass is 79.9. The first-order valence-corrected chi connectivity index (χ1v) is 6.44. The number of hydrogen-bond donors (Lipinski definition) is 0. The average Bonchev–Trinajstić information content (AvgIpc) is 2.88. The standard InChI is InChI=1S/C13H13BrN2O2/c1-2-16(9-10-5-4-8-18-10)13(17)11-6-3-7-12(14)15-11/h3-8H,2,9H2,1H3. The number of aromatic nitrogens is 1. The highest BCUT2D eigenvalue weighted by Gasteiger charge is 2.16. The Balaban J connectivity index is 2.15. The lowest BCUT2D eigenvalue weighted by molar-refractivity contribution is 0.0735.